The van der Waals surface area contributed by atoms with E-state index in [9.17, 15) is 4.79 Å². The summed E-state index contributed by atoms with van der Waals surface area (Å²) >= 11 is 0. The number of benzene rings is 1. The van der Waals surface area contributed by atoms with Gasteiger partial charge in [-0.1, -0.05) is 0 Å². The Morgan fingerprint density at radius 3 is 2.33 bits per heavy atom. The van der Waals surface area contributed by atoms with E-state index in [2.05, 4.69) is 25.5 Å². The Hall–Kier alpha value is -2.83. The summed E-state index contributed by atoms with van der Waals surface area (Å²) in [4.78, 5) is 23.2. The summed E-state index contributed by atoms with van der Waals surface area (Å²) in [6, 6.07) is 9.34. The third kappa shape index (κ3) is 5.57. The van der Waals surface area contributed by atoms with Gasteiger partial charge in [-0.25, -0.2) is 9.78 Å². The smallest absolute Gasteiger partial charge is 0.412 e. The second-order valence-corrected chi connectivity index (χ2v) is 7.72. The second kappa shape index (κ2) is 7.82. The monoisotopic (exact) mass is 369 g/mol. The molecule has 27 heavy (non-hydrogen) atoms. The van der Waals surface area contributed by atoms with Gasteiger partial charge in [0.05, 0.1) is 0 Å². The van der Waals surface area contributed by atoms with Crippen LogP contribution in [0, 0.1) is 6.92 Å². The van der Waals surface area contributed by atoms with Crippen LogP contribution in [-0.4, -0.2) is 34.8 Å². The van der Waals surface area contributed by atoms with Crippen LogP contribution in [0.3, 0.4) is 0 Å². The third-order valence-electron chi connectivity index (χ3n) is 4.03. The first-order valence-corrected chi connectivity index (χ1v) is 9.26. The number of hydrogen-bond acceptors (Lipinski definition) is 6. The fourth-order valence-corrected chi connectivity index (χ4v) is 2.88. The van der Waals surface area contributed by atoms with Gasteiger partial charge in [0, 0.05) is 36.2 Å². The highest BCUT2D eigenvalue weighted by Crippen LogP contribution is 2.22. The fourth-order valence-electron chi connectivity index (χ4n) is 2.88. The van der Waals surface area contributed by atoms with Gasteiger partial charge in [-0.05, 0) is 64.8 Å². The zero-order chi connectivity index (χ0) is 19.4. The van der Waals surface area contributed by atoms with Crippen LogP contribution >= 0.6 is 0 Å². The molecule has 3 rings (SSSR count). The molecule has 0 aliphatic carbocycles. The summed E-state index contributed by atoms with van der Waals surface area (Å²) in [5.74, 6) is 1.54. The molecule has 1 aliphatic rings. The van der Waals surface area contributed by atoms with Crippen molar-refractivity contribution < 1.29 is 9.53 Å². The lowest BCUT2D eigenvalue weighted by Crippen LogP contribution is -2.27. The zero-order valence-corrected chi connectivity index (χ0v) is 16.4. The molecule has 0 saturated carbocycles. The van der Waals surface area contributed by atoms with Gasteiger partial charge in [0.15, 0.2) is 0 Å². The molecule has 0 unspecified atom stereocenters. The number of rotatable bonds is 4. The van der Waals surface area contributed by atoms with Gasteiger partial charge < -0.3 is 15.0 Å². The molecule has 7 heteroatoms. The molecular formula is C20H27N5O2. The molecule has 144 valence electrons. The van der Waals surface area contributed by atoms with Crippen molar-refractivity contribution in [3.05, 3.63) is 36.0 Å². The Labute approximate surface area is 160 Å². The van der Waals surface area contributed by atoms with Crippen LogP contribution in [-0.2, 0) is 4.74 Å². The minimum Gasteiger partial charge on any atom is -0.444 e. The number of nitrogens with zero attached hydrogens (tertiary/aromatic N) is 3. The normalized spacial score (nSPS) is 14.1. The van der Waals surface area contributed by atoms with E-state index in [4.69, 9.17) is 4.74 Å². The Balaban J connectivity index is 1.65. The molecule has 1 aromatic carbocycles. The molecule has 2 heterocycles. The van der Waals surface area contributed by atoms with Crippen LogP contribution < -0.4 is 15.5 Å². The van der Waals surface area contributed by atoms with Crippen molar-refractivity contribution in [1.82, 2.24) is 9.97 Å². The first-order chi connectivity index (χ1) is 12.8. The summed E-state index contributed by atoms with van der Waals surface area (Å²) in [5.41, 5.74) is 1.96. The summed E-state index contributed by atoms with van der Waals surface area (Å²) in [7, 11) is 0. The molecule has 0 atom stereocenters. The number of anilines is 4. The van der Waals surface area contributed by atoms with Crippen molar-refractivity contribution in [3.63, 3.8) is 0 Å². The number of carbonyl (C=O) groups excluding carboxylic acids is 1. The Bertz CT molecular complexity index is 793. The topological polar surface area (TPSA) is 79.4 Å². The molecule has 1 fully saturated rings. The van der Waals surface area contributed by atoms with E-state index in [-0.39, 0.29) is 0 Å². The first-order valence-electron chi connectivity index (χ1n) is 9.26. The average molecular weight is 369 g/mol. The van der Waals surface area contributed by atoms with Gasteiger partial charge >= 0.3 is 6.09 Å². The summed E-state index contributed by atoms with van der Waals surface area (Å²) in [5, 5.41) is 6.03. The van der Waals surface area contributed by atoms with E-state index in [1.807, 2.05) is 58.0 Å². The minimum absolute atomic E-state index is 0.468. The van der Waals surface area contributed by atoms with Crippen LogP contribution in [0.15, 0.2) is 30.3 Å². The maximum Gasteiger partial charge on any atom is 0.412 e. The lowest BCUT2D eigenvalue weighted by molar-refractivity contribution is 0.0636. The zero-order valence-electron chi connectivity index (χ0n) is 16.4. The van der Waals surface area contributed by atoms with Crippen molar-refractivity contribution in [2.75, 3.05) is 28.6 Å². The number of nitrogens with one attached hydrogen (secondary N) is 2. The van der Waals surface area contributed by atoms with E-state index in [0.717, 1.165) is 36.2 Å². The average Bonchev–Trinajstić information content (AvgIpc) is 3.09. The molecule has 0 bridgehead atoms. The van der Waals surface area contributed by atoms with Crippen LogP contribution in [0.2, 0.25) is 0 Å². The summed E-state index contributed by atoms with van der Waals surface area (Å²) < 4.78 is 5.26. The SMILES string of the molecule is Cc1cc(Nc2ccc(NC(=O)OC(C)(C)C)cc2)nc(N2CCCC2)n1. The molecule has 0 spiro atoms. The molecule has 2 aromatic rings. The Morgan fingerprint density at radius 1 is 1.07 bits per heavy atom. The van der Waals surface area contributed by atoms with Crippen LogP contribution in [0.4, 0.5) is 27.9 Å². The number of ether oxygens (including phenoxy) is 1. The number of carbonyl (C=O) groups is 1. The van der Waals surface area contributed by atoms with Gasteiger partial charge in [-0.3, -0.25) is 5.32 Å². The fraction of sp³-hybridized carbons (Fsp3) is 0.450. The van der Waals surface area contributed by atoms with E-state index >= 15 is 0 Å². The predicted molar refractivity (Wildman–Crippen MR) is 108 cm³/mol. The van der Waals surface area contributed by atoms with Crippen molar-refractivity contribution in [2.45, 2.75) is 46.1 Å². The van der Waals surface area contributed by atoms with Crippen molar-refractivity contribution in [3.8, 4) is 0 Å². The second-order valence-electron chi connectivity index (χ2n) is 7.72. The van der Waals surface area contributed by atoms with Gasteiger partial charge in [-0.15, -0.1) is 0 Å². The van der Waals surface area contributed by atoms with E-state index < -0.39 is 11.7 Å². The number of aromatic nitrogens is 2. The maximum atomic E-state index is 11.8. The van der Waals surface area contributed by atoms with Gasteiger partial charge in [-0.2, -0.15) is 4.98 Å². The van der Waals surface area contributed by atoms with Crippen molar-refractivity contribution in [2.24, 2.45) is 0 Å². The van der Waals surface area contributed by atoms with Crippen LogP contribution in [0.1, 0.15) is 39.3 Å². The van der Waals surface area contributed by atoms with E-state index in [1.54, 1.807) is 0 Å². The maximum absolute atomic E-state index is 11.8. The van der Waals surface area contributed by atoms with Gasteiger partial charge in [0.1, 0.15) is 11.4 Å². The van der Waals surface area contributed by atoms with Crippen molar-refractivity contribution in [1.29, 1.82) is 0 Å². The molecule has 2 N–H and O–H groups in total. The van der Waals surface area contributed by atoms with E-state index in [1.165, 1.54) is 12.8 Å². The number of amides is 1. The Kier molecular flexibility index (Phi) is 5.48. The first kappa shape index (κ1) is 18.9. The predicted octanol–water partition coefficient (Wildman–Crippen LogP) is 4.48. The molecular weight excluding hydrogens is 342 g/mol. The quantitative estimate of drug-likeness (QED) is 0.827. The van der Waals surface area contributed by atoms with Gasteiger partial charge in [0.25, 0.3) is 0 Å². The molecule has 1 aromatic heterocycles. The van der Waals surface area contributed by atoms with E-state index in [0.29, 0.717) is 5.69 Å². The van der Waals surface area contributed by atoms with Crippen LogP contribution in [0.5, 0.6) is 0 Å². The summed E-state index contributed by atoms with van der Waals surface area (Å²) in [6.07, 6.45) is 1.91. The molecule has 1 saturated heterocycles. The molecule has 7 nitrogen and oxygen atoms in total. The van der Waals surface area contributed by atoms with Crippen molar-refractivity contribution >= 4 is 29.2 Å². The number of hydrogen-bond donors (Lipinski definition) is 2. The lowest BCUT2D eigenvalue weighted by atomic mass is 10.2. The summed E-state index contributed by atoms with van der Waals surface area (Å²) in [6.45, 7) is 9.49. The highest BCUT2D eigenvalue weighted by atomic mass is 16.6. The van der Waals surface area contributed by atoms with Gasteiger partial charge in [0.2, 0.25) is 5.95 Å². The van der Waals surface area contributed by atoms with Crippen LogP contribution in [0.25, 0.3) is 0 Å². The Morgan fingerprint density at radius 2 is 1.70 bits per heavy atom. The standard InChI is InChI=1S/C20H27N5O2/c1-14-13-17(24-18(21-14)25-11-5-6-12-25)22-15-7-9-16(10-8-15)23-19(26)27-20(2,3)4/h7-10,13H,5-6,11-12H2,1-4H3,(H,23,26)(H,21,22,24). The lowest BCUT2D eigenvalue weighted by Gasteiger charge is -2.19. The third-order valence-corrected chi connectivity index (χ3v) is 4.03. The largest absolute Gasteiger partial charge is 0.444 e. The number of aryl methyl sites for hydroxylation is 1. The molecule has 0 radical (unpaired) electrons. The molecule has 1 aliphatic heterocycles. The molecule has 1 amide bonds. The highest BCUT2D eigenvalue weighted by molar-refractivity contribution is 5.85. The minimum atomic E-state index is -0.524. The highest BCUT2D eigenvalue weighted by Gasteiger charge is 2.17.